The Morgan fingerprint density at radius 1 is 1.19 bits per heavy atom. The molecule has 0 saturated carbocycles. The summed E-state index contributed by atoms with van der Waals surface area (Å²) >= 11 is 0. The molecule has 2 rings (SSSR count). The molecule has 1 aromatic carbocycles. The Kier molecular flexibility index (Phi) is 2.26. The van der Waals surface area contributed by atoms with E-state index in [-0.39, 0.29) is 5.56 Å². The van der Waals surface area contributed by atoms with E-state index in [1.165, 1.54) is 0 Å². The smallest absolute Gasteiger partial charge is 0.339 e. The molecule has 0 saturated heterocycles. The Bertz CT molecular complexity index is 591. The van der Waals surface area contributed by atoms with Crippen molar-refractivity contribution < 1.29 is 14.3 Å². The number of carboxylic acids is 1. The van der Waals surface area contributed by atoms with E-state index in [0.717, 1.165) is 27.8 Å². The van der Waals surface area contributed by atoms with Crippen LogP contribution >= 0.6 is 0 Å². The fourth-order valence-electron chi connectivity index (χ4n) is 2.19. The van der Waals surface area contributed by atoms with Crippen molar-refractivity contribution in [3.63, 3.8) is 0 Å². The SMILES string of the molecule is Cc1cc(C)c2c(C)c(C)oc2c1C(=O)O. The predicted octanol–water partition coefficient (Wildman–Crippen LogP) is 3.36. The van der Waals surface area contributed by atoms with Crippen molar-refractivity contribution in [2.45, 2.75) is 27.7 Å². The summed E-state index contributed by atoms with van der Waals surface area (Å²) in [6.07, 6.45) is 0. The van der Waals surface area contributed by atoms with Gasteiger partial charge in [0.15, 0.2) is 0 Å². The molecule has 1 aromatic heterocycles. The minimum Gasteiger partial charge on any atom is -0.478 e. The van der Waals surface area contributed by atoms with Gasteiger partial charge in [-0.2, -0.15) is 0 Å². The minimum atomic E-state index is -0.934. The summed E-state index contributed by atoms with van der Waals surface area (Å²) in [5.41, 5.74) is 3.60. The number of furan rings is 1. The fraction of sp³-hybridized carbons (Fsp3) is 0.308. The normalized spacial score (nSPS) is 11.0. The van der Waals surface area contributed by atoms with E-state index >= 15 is 0 Å². The summed E-state index contributed by atoms with van der Waals surface area (Å²) in [6.45, 7) is 7.58. The third-order valence-corrected chi connectivity index (χ3v) is 3.05. The molecule has 0 bridgehead atoms. The lowest BCUT2D eigenvalue weighted by atomic mass is 9.99. The first kappa shape index (κ1) is 10.7. The van der Waals surface area contributed by atoms with Crippen molar-refractivity contribution in [2.75, 3.05) is 0 Å². The topological polar surface area (TPSA) is 50.4 Å². The molecular weight excluding hydrogens is 204 g/mol. The summed E-state index contributed by atoms with van der Waals surface area (Å²) in [4.78, 5) is 11.2. The first-order valence-electron chi connectivity index (χ1n) is 5.16. The van der Waals surface area contributed by atoms with Crippen LogP contribution in [0.4, 0.5) is 0 Å². The van der Waals surface area contributed by atoms with E-state index in [1.807, 2.05) is 26.8 Å². The van der Waals surface area contributed by atoms with Crippen LogP contribution in [0.15, 0.2) is 10.5 Å². The Morgan fingerprint density at radius 2 is 1.81 bits per heavy atom. The number of fused-ring (bicyclic) bond motifs is 1. The van der Waals surface area contributed by atoms with E-state index in [4.69, 9.17) is 4.42 Å². The zero-order valence-electron chi connectivity index (χ0n) is 9.84. The molecule has 84 valence electrons. The van der Waals surface area contributed by atoms with Crippen molar-refractivity contribution in [2.24, 2.45) is 0 Å². The van der Waals surface area contributed by atoms with Gasteiger partial charge in [0.25, 0.3) is 0 Å². The molecule has 0 atom stereocenters. The van der Waals surface area contributed by atoms with Crippen LogP contribution < -0.4 is 0 Å². The van der Waals surface area contributed by atoms with Gasteiger partial charge in [-0.05, 0) is 44.4 Å². The zero-order valence-corrected chi connectivity index (χ0v) is 9.84. The number of aryl methyl sites for hydroxylation is 4. The first-order valence-corrected chi connectivity index (χ1v) is 5.16. The van der Waals surface area contributed by atoms with Gasteiger partial charge in [-0.15, -0.1) is 0 Å². The molecule has 1 N–H and O–H groups in total. The second-order valence-corrected chi connectivity index (χ2v) is 4.18. The number of hydrogen-bond acceptors (Lipinski definition) is 2. The summed E-state index contributed by atoms with van der Waals surface area (Å²) in [5.74, 6) is -0.151. The molecule has 0 radical (unpaired) electrons. The zero-order chi connectivity index (χ0) is 12.0. The van der Waals surface area contributed by atoms with Gasteiger partial charge < -0.3 is 9.52 Å². The second-order valence-electron chi connectivity index (χ2n) is 4.18. The highest BCUT2D eigenvalue weighted by atomic mass is 16.4. The molecule has 2 aromatic rings. The van der Waals surface area contributed by atoms with Crippen LogP contribution in [0.25, 0.3) is 11.0 Å². The summed E-state index contributed by atoms with van der Waals surface area (Å²) in [6, 6.07) is 1.90. The van der Waals surface area contributed by atoms with Crippen LogP contribution in [-0.4, -0.2) is 11.1 Å². The largest absolute Gasteiger partial charge is 0.478 e. The molecule has 1 heterocycles. The standard InChI is InChI=1S/C13H14O3/c1-6-5-7(2)11(13(14)15)12-10(6)8(3)9(4)16-12/h5H,1-4H3,(H,14,15). The molecule has 0 amide bonds. The highest BCUT2D eigenvalue weighted by molar-refractivity contribution is 6.04. The number of carbonyl (C=O) groups is 1. The molecule has 0 unspecified atom stereocenters. The summed E-state index contributed by atoms with van der Waals surface area (Å²) < 4.78 is 5.57. The van der Waals surface area contributed by atoms with Crippen LogP contribution in [0.1, 0.15) is 32.8 Å². The Labute approximate surface area is 93.7 Å². The molecule has 3 heteroatoms. The van der Waals surface area contributed by atoms with Crippen molar-refractivity contribution in [3.05, 3.63) is 34.1 Å². The van der Waals surface area contributed by atoms with Crippen LogP contribution in [0.5, 0.6) is 0 Å². The first-order chi connectivity index (χ1) is 7.43. The molecule has 0 fully saturated rings. The predicted molar refractivity (Wildman–Crippen MR) is 62.1 cm³/mol. The van der Waals surface area contributed by atoms with Crippen molar-refractivity contribution in [3.8, 4) is 0 Å². The lowest BCUT2D eigenvalue weighted by Gasteiger charge is -2.04. The van der Waals surface area contributed by atoms with Gasteiger partial charge in [0.2, 0.25) is 0 Å². The van der Waals surface area contributed by atoms with Crippen molar-refractivity contribution in [1.29, 1.82) is 0 Å². The molecular formula is C13H14O3. The van der Waals surface area contributed by atoms with E-state index in [1.54, 1.807) is 6.92 Å². The number of hydrogen-bond donors (Lipinski definition) is 1. The van der Waals surface area contributed by atoms with Crippen LogP contribution in [-0.2, 0) is 0 Å². The number of benzene rings is 1. The van der Waals surface area contributed by atoms with Crippen LogP contribution in [0.2, 0.25) is 0 Å². The van der Waals surface area contributed by atoms with Gasteiger partial charge in [0.1, 0.15) is 16.9 Å². The number of aromatic carboxylic acids is 1. The molecule has 16 heavy (non-hydrogen) atoms. The quantitative estimate of drug-likeness (QED) is 0.798. The Morgan fingerprint density at radius 3 is 2.38 bits per heavy atom. The lowest BCUT2D eigenvalue weighted by molar-refractivity contribution is 0.0697. The number of rotatable bonds is 1. The van der Waals surface area contributed by atoms with Crippen molar-refractivity contribution >= 4 is 16.9 Å². The monoisotopic (exact) mass is 218 g/mol. The molecule has 0 aliphatic carbocycles. The maximum absolute atomic E-state index is 11.2. The second kappa shape index (κ2) is 3.37. The van der Waals surface area contributed by atoms with Gasteiger partial charge in [0, 0.05) is 5.39 Å². The van der Waals surface area contributed by atoms with Gasteiger partial charge in [-0.25, -0.2) is 4.79 Å². The van der Waals surface area contributed by atoms with Gasteiger partial charge in [-0.3, -0.25) is 0 Å². The molecule has 0 aliphatic rings. The third-order valence-electron chi connectivity index (χ3n) is 3.05. The minimum absolute atomic E-state index is 0.275. The highest BCUT2D eigenvalue weighted by Crippen LogP contribution is 2.32. The van der Waals surface area contributed by atoms with Crippen molar-refractivity contribution in [1.82, 2.24) is 0 Å². The highest BCUT2D eigenvalue weighted by Gasteiger charge is 2.19. The van der Waals surface area contributed by atoms with E-state index in [0.29, 0.717) is 5.58 Å². The third kappa shape index (κ3) is 1.32. The molecule has 0 aliphatic heterocycles. The summed E-state index contributed by atoms with van der Waals surface area (Å²) in [7, 11) is 0. The average molecular weight is 218 g/mol. The van der Waals surface area contributed by atoms with Gasteiger partial charge in [0.05, 0.1) is 0 Å². The maximum Gasteiger partial charge on any atom is 0.339 e. The van der Waals surface area contributed by atoms with Crippen LogP contribution in [0.3, 0.4) is 0 Å². The van der Waals surface area contributed by atoms with E-state index in [9.17, 15) is 9.90 Å². The maximum atomic E-state index is 11.2. The Hall–Kier alpha value is -1.77. The molecule has 0 spiro atoms. The number of carboxylic acid groups (broad SMARTS) is 1. The van der Waals surface area contributed by atoms with Gasteiger partial charge in [-0.1, -0.05) is 6.07 Å². The average Bonchev–Trinajstić information content (AvgIpc) is 2.42. The Balaban J connectivity index is 3.02. The molecule has 3 nitrogen and oxygen atoms in total. The summed E-state index contributed by atoms with van der Waals surface area (Å²) in [5, 5.41) is 10.1. The van der Waals surface area contributed by atoms with Gasteiger partial charge >= 0.3 is 5.97 Å². The van der Waals surface area contributed by atoms with E-state index in [2.05, 4.69) is 0 Å². The fourth-order valence-corrected chi connectivity index (χ4v) is 2.19. The van der Waals surface area contributed by atoms with Crippen LogP contribution in [0, 0.1) is 27.7 Å². The lowest BCUT2D eigenvalue weighted by Crippen LogP contribution is -2.01. The van der Waals surface area contributed by atoms with E-state index < -0.39 is 5.97 Å².